The Labute approximate surface area is 59.7 Å². The van der Waals surface area contributed by atoms with Gasteiger partial charge in [0.2, 0.25) is 0 Å². The maximum absolute atomic E-state index is 10.9. The van der Waals surface area contributed by atoms with Gasteiger partial charge in [0, 0.05) is 6.54 Å². The third-order valence-electron chi connectivity index (χ3n) is 1.35. The molecule has 1 aliphatic rings. The summed E-state index contributed by atoms with van der Waals surface area (Å²) in [5.41, 5.74) is 0. The summed E-state index contributed by atoms with van der Waals surface area (Å²) in [5.74, 6) is 0.706. The van der Waals surface area contributed by atoms with Crippen molar-refractivity contribution in [3.63, 3.8) is 0 Å². The Hall–Kier alpha value is -0.900. The van der Waals surface area contributed by atoms with E-state index in [2.05, 4.69) is 15.6 Å². The minimum atomic E-state index is -0.218. The lowest BCUT2D eigenvalue weighted by atomic mass is 10.3. The molecule has 1 rings (SSSR count). The maximum Gasteiger partial charge on any atom is 0.251 e. The lowest BCUT2D eigenvalue weighted by molar-refractivity contribution is -0.119. The van der Waals surface area contributed by atoms with Crippen LogP contribution < -0.4 is 10.6 Å². The Kier molecular flexibility index (Phi) is 2.01. The van der Waals surface area contributed by atoms with Crippen molar-refractivity contribution >= 4 is 11.7 Å². The second kappa shape index (κ2) is 2.79. The highest BCUT2D eigenvalue weighted by molar-refractivity contribution is 6.04. The molecule has 56 valence electrons. The van der Waals surface area contributed by atoms with Crippen molar-refractivity contribution in [2.24, 2.45) is 4.99 Å². The topological polar surface area (TPSA) is 53.5 Å². The summed E-state index contributed by atoms with van der Waals surface area (Å²) < 4.78 is 0. The van der Waals surface area contributed by atoms with E-state index in [9.17, 15) is 4.79 Å². The lowest BCUT2D eigenvalue weighted by Crippen LogP contribution is -2.33. The maximum atomic E-state index is 10.9. The first-order valence-electron chi connectivity index (χ1n) is 3.24. The van der Waals surface area contributed by atoms with Crippen molar-refractivity contribution < 1.29 is 4.79 Å². The van der Waals surface area contributed by atoms with E-state index < -0.39 is 0 Å². The van der Waals surface area contributed by atoms with E-state index in [1.807, 2.05) is 0 Å². The van der Waals surface area contributed by atoms with Gasteiger partial charge in [-0.15, -0.1) is 0 Å². The molecule has 1 aliphatic heterocycles. The number of amides is 1. The number of aliphatic imine (C=N–C) groups is 1. The van der Waals surface area contributed by atoms with Gasteiger partial charge in [-0.3, -0.25) is 9.79 Å². The second-order valence-electron chi connectivity index (χ2n) is 2.28. The van der Waals surface area contributed by atoms with Gasteiger partial charge in [0.15, 0.2) is 0 Å². The third kappa shape index (κ3) is 1.33. The van der Waals surface area contributed by atoms with Crippen LogP contribution in [-0.2, 0) is 4.79 Å². The number of carbonyl (C=O) groups excluding carboxylic acids is 1. The molecule has 4 nitrogen and oxygen atoms in total. The summed E-state index contributed by atoms with van der Waals surface area (Å²) in [5, 5.41) is 5.52. The molecule has 0 spiro atoms. The Balaban J connectivity index is 2.52. The zero-order valence-electron chi connectivity index (χ0n) is 6.14. The molecular formula is C6H11N3O. The number of hydrogen-bond acceptors (Lipinski definition) is 3. The summed E-state index contributed by atoms with van der Waals surface area (Å²) in [4.78, 5) is 15.0. The van der Waals surface area contributed by atoms with E-state index in [1.165, 1.54) is 0 Å². The van der Waals surface area contributed by atoms with Crippen LogP contribution in [0.25, 0.3) is 0 Å². The Bertz CT molecular complexity index is 176. The standard InChI is InChI=1S/C6H11N3O/c1-4-8-5(3-7-2)6(10)9-4/h5,7H,3H2,1-2H3,(H,8,9,10). The number of nitrogens with one attached hydrogen (secondary N) is 2. The summed E-state index contributed by atoms with van der Waals surface area (Å²) in [6.45, 7) is 2.40. The van der Waals surface area contributed by atoms with E-state index in [0.29, 0.717) is 12.4 Å². The van der Waals surface area contributed by atoms with Crippen LogP contribution in [0.5, 0.6) is 0 Å². The fourth-order valence-electron chi connectivity index (χ4n) is 0.918. The van der Waals surface area contributed by atoms with Crippen molar-refractivity contribution in [1.82, 2.24) is 10.6 Å². The Morgan fingerprint density at radius 2 is 2.50 bits per heavy atom. The van der Waals surface area contributed by atoms with Crippen LogP contribution in [0.1, 0.15) is 6.92 Å². The number of likely N-dealkylation sites (N-methyl/N-ethyl adjacent to an activating group) is 1. The number of amidine groups is 1. The normalized spacial score (nSPS) is 24.4. The molecule has 1 unspecified atom stereocenters. The van der Waals surface area contributed by atoms with E-state index >= 15 is 0 Å². The molecule has 0 fully saturated rings. The molecule has 2 N–H and O–H groups in total. The summed E-state index contributed by atoms with van der Waals surface area (Å²) in [6, 6.07) is -0.218. The predicted octanol–water partition coefficient (Wildman–Crippen LogP) is -0.877. The fraction of sp³-hybridized carbons (Fsp3) is 0.667. The first kappa shape index (κ1) is 7.21. The molecule has 4 heteroatoms. The van der Waals surface area contributed by atoms with Crippen LogP contribution in [0.2, 0.25) is 0 Å². The van der Waals surface area contributed by atoms with Crippen LogP contribution in [0.4, 0.5) is 0 Å². The smallest absolute Gasteiger partial charge is 0.251 e. The second-order valence-corrected chi connectivity index (χ2v) is 2.28. The largest absolute Gasteiger partial charge is 0.317 e. The summed E-state index contributed by atoms with van der Waals surface area (Å²) in [7, 11) is 1.80. The average Bonchev–Trinajstić information content (AvgIpc) is 2.13. The van der Waals surface area contributed by atoms with Gasteiger partial charge in [-0.2, -0.15) is 0 Å². The SMILES string of the molecule is CNCC1N=C(C)NC1=O. The van der Waals surface area contributed by atoms with Crippen LogP contribution in [0.15, 0.2) is 4.99 Å². The zero-order valence-corrected chi connectivity index (χ0v) is 6.14. The van der Waals surface area contributed by atoms with Gasteiger partial charge >= 0.3 is 0 Å². The Morgan fingerprint density at radius 1 is 1.80 bits per heavy atom. The molecule has 10 heavy (non-hydrogen) atoms. The minimum Gasteiger partial charge on any atom is -0.317 e. The molecule has 0 saturated heterocycles. The molecule has 1 atom stereocenters. The third-order valence-corrected chi connectivity index (χ3v) is 1.35. The van der Waals surface area contributed by atoms with Crippen molar-refractivity contribution in [2.45, 2.75) is 13.0 Å². The van der Waals surface area contributed by atoms with Crippen molar-refractivity contribution in [3.05, 3.63) is 0 Å². The van der Waals surface area contributed by atoms with Crippen LogP contribution in [-0.4, -0.2) is 31.4 Å². The van der Waals surface area contributed by atoms with Gasteiger partial charge in [-0.25, -0.2) is 0 Å². The molecule has 0 bridgehead atoms. The molecule has 0 saturated carbocycles. The monoisotopic (exact) mass is 141 g/mol. The number of rotatable bonds is 2. The number of nitrogens with zero attached hydrogens (tertiary/aromatic N) is 1. The van der Waals surface area contributed by atoms with E-state index in [-0.39, 0.29) is 11.9 Å². The van der Waals surface area contributed by atoms with E-state index in [1.54, 1.807) is 14.0 Å². The molecule has 0 radical (unpaired) electrons. The molecule has 1 amide bonds. The number of hydrogen-bond donors (Lipinski definition) is 2. The number of carbonyl (C=O) groups is 1. The summed E-state index contributed by atoms with van der Waals surface area (Å²) >= 11 is 0. The fourth-order valence-corrected chi connectivity index (χ4v) is 0.918. The van der Waals surface area contributed by atoms with Crippen molar-refractivity contribution in [2.75, 3.05) is 13.6 Å². The van der Waals surface area contributed by atoms with Crippen LogP contribution in [0.3, 0.4) is 0 Å². The lowest BCUT2D eigenvalue weighted by Gasteiger charge is -2.00. The van der Waals surface area contributed by atoms with Crippen molar-refractivity contribution in [3.8, 4) is 0 Å². The first-order chi connectivity index (χ1) is 4.74. The molecule has 0 aromatic rings. The molecule has 0 aromatic heterocycles. The quantitative estimate of drug-likeness (QED) is 0.525. The summed E-state index contributed by atoms with van der Waals surface area (Å²) in [6.07, 6.45) is 0. The molecule has 0 aliphatic carbocycles. The van der Waals surface area contributed by atoms with Crippen LogP contribution >= 0.6 is 0 Å². The van der Waals surface area contributed by atoms with E-state index in [4.69, 9.17) is 0 Å². The highest BCUT2D eigenvalue weighted by Crippen LogP contribution is 1.97. The highest BCUT2D eigenvalue weighted by Gasteiger charge is 2.22. The van der Waals surface area contributed by atoms with Gasteiger partial charge in [0.1, 0.15) is 11.9 Å². The highest BCUT2D eigenvalue weighted by atomic mass is 16.2. The minimum absolute atomic E-state index is 0.00755. The van der Waals surface area contributed by atoms with E-state index in [0.717, 1.165) is 0 Å². The average molecular weight is 141 g/mol. The van der Waals surface area contributed by atoms with Crippen LogP contribution in [0, 0.1) is 0 Å². The van der Waals surface area contributed by atoms with Crippen molar-refractivity contribution in [1.29, 1.82) is 0 Å². The van der Waals surface area contributed by atoms with Gasteiger partial charge in [0.25, 0.3) is 5.91 Å². The molecule has 0 aromatic carbocycles. The van der Waals surface area contributed by atoms with Gasteiger partial charge in [-0.05, 0) is 14.0 Å². The Morgan fingerprint density at radius 3 is 2.90 bits per heavy atom. The molecule has 1 heterocycles. The zero-order chi connectivity index (χ0) is 7.56. The van der Waals surface area contributed by atoms with Gasteiger partial charge in [0.05, 0.1) is 0 Å². The first-order valence-corrected chi connectivity index (χ1v) is 3.24. The molecular weight excluding hydrogens is 130 g/mol. The van der Waals surface area contributed by atoms with Gasteiger partial charge in [-0.1, -0.05) is 0 Å². The predicted molar refractivity (Wildman–Crippen MR) is 39.0 cm³/mol. The van der Waals surface area contributed by atoms with Gasteiger partial charge < -0.3 is 10.6 Å².